The molecule has 0 aliphatic rings. The minimum atomic E-state index is -0.392. The fraction of sp³-hybridized carbons (Fsp3) is 0.235. The molecule has 3 N–H and O–H groups in total. The molecular weight excluding hydrogens is 488 g/mol. The van der Waals surface area contributed by atoms with Crippen molar-refractivity contribution >= 4 is 11.6 Å². The van der Waals surface area contributed by atoms with Crippen LogP contribution in [0.3, 0.4) is 0 Å². The van der Waals surface area contributed by atoms with Gasteiger partial charge in [0.25, 0.3) is 0 Å². The van der Waals surface area contributed by atoms with Gasteiger partial charge in [-0.25, -0.2) is 0 Å². The van der Waals surface area contributed by atoms with Gasteiger partial charge in [0.05, 0.1) is 16.7 Å². The van der Waals surface area contributed by atoms with Gasteiger partial charge in [-0.05, 0) is 36.4 Å². The summed E-state index contributed by atoms with van der Waals surface area (Å²) in [6.07, 6.45) is 0. The molecule has 5 nitrogen and oxygen atoms in total. The fourth-order valence-electron chi connectivity index (χ4n) is 2.89. The number of phenolic OH excluding ortho intramolecular Hbond substituents is 3. The number of carbonyl (C=O) groups is 2. The molecule has 0 aromatic heterocycles. The highest BCUT2D eigenvalue weighted by atomic mass is 16.3. The normalized spacial score (nSPS) is 8.51. The molecule has 0 saturated heterocycles. The van der Waals surface area contributed by atoms with E-state index in [1.807, 2.05) is 61.5 Å². The van der Waals surface area contributed by atoms with Crippen molar-refractivity contribution in [2.24, 2.45) is 0 Å². The van der Waals surface area contributed by atoms with Crippen LogP contribution in [0.5, 0.6) is 17.2 Å². The first-order valence-corrected chi connectivity index (χ1v) is 13.5. The van der Waals surface area contributed by atoms with Crippen molar-refractivity contribution in [3.8, 4) is 17.2 Å². The maximum Gasteiger partial charge on any atom is 0.200 e. The first-order valence-electron chi connectivity index (χ1n) is 13.5. The van der Waals surface area contributed by atoms with E-state index in [4.69, 9.17) is 0 Å². The van der Waals surface area contributed by atoms with Gasteiger partial charge < -0.3 is 15.3 Å². The maximum atomic E-state index is 12.0. The Morgan fingerprint density at radius 3 is 0.949 bits per heavy atom. The zero-order valence-corrected chi connectivity index (χ0v) is 24.5. The summed E-state index contributed by atoms with van der Waals surface area (Å²) in [6.45, 7) is 16.0. The first kappa shape index (κ1) is 36.8. The summed E-state index contributed by atoms with van der Waals surface area (Å²) in [4.78, 5) is 23.9. The zero-order chi connectivity index (χ0) is 30.2. The Labute approximate surface area is 234 Å². The van der Waals surface area contributed by atoms with Crippen molar-refractivity contribution in [1.29, 1.82) is 0 Å². The van der Waals surface area contributed by atoms with Gasteiger partial charge in [0.15, 0.2) is 11.6 Å². The quantitative estimate of drug-likeness (QED) is 0.228. The molecule has 39 heavy (non-hydrogen) atoms. The second-order valence-electron chi connectivity index (χ2n) is 6.58. The second-order valence-corrected chi connectivity index (χ2v) is 6.58. The summed E-state index contributed by atoms with van der Waals surface area (Å²) < 4.78 is 0. The van der Waals surface area contributed by atoms with Crippen molar-refractivity contribution in [2.45, 2.75) is 55.4 Å². The standard InChI is InChI=1S/C13H10O3.C13H10O2.4C2H6/c14-11-7-3-1-5-9(11)13(16)10-6-2-4-8-12(10)15;14-12-9-5-4-8-11(12)13(15)10-6-2-1-3-7-10;4*1-2/h1-8,14-15H;1-9,14H;4*1-2H3. The number of carbonyl (C=O) groups excluding carboxylic acids is 2. The molecule has 0 saturated carbocycles. The van der Waals surface area contributed by atoms with E-state index in [1.165, 1.54) is 30.3 Å². The van der Waals surface area contributed by atoms with Crippen LogP contribution < -0.4 is 0 Å². The van der Waals surface area contributed by atoms with Crippen LogP contribution in [0.15, 0.2) is 103 Å². The smallest absolute Gasteiger partial charge is 0.200 e. The molecule has 5 heteroatoms. The van der Waals surface area contributed by atoms with Crippen LogP contribution in [-0.2, 0) is 0 Å². The Morgan fingerprint density at radius 1 is 0.385 bits per heavy atom. The number of benzene rings is 4. The third-order valence-corrected chi connectivity index (χ3v) is 4.48. The van der Waals surface area contributed by atoms with Crippen molar-refractivity contribution in [3.05, 3.63) is 125 Å². The monoisotopic (exact) mass is 532 g/mol. The van der Waals surface area contributed by atoms with Gasteiger partial charge in [0.1, 0.15) is 17.2 Å². The lowest BCUT2D eigenvalue weighted by Gasteiger charge is -2.04. The maximum absolute atomic E-state index is 12.0. The minimum Gasteiger partial charge on any atom is -0.507 e. The Hall–Kier alpha value is -4.38. The largest absolute Gasteiger partial charge is 0.507 e. The van der Waals surface area contributed by atoms with Crippen LogP contribution >= 0.6 is 0 Å². The Kier molecular flexibility index (Phi) is 21.5. The highest BCUT2D eigenvalue weighted by Crippen LogP contribution is 2.24. The molecule has 4 aromatic rings. The highest BCUT2D eigenvalue weighted by molar-refractivity contribution is 6.12. The molecule has 0 aliphatic carbocycles. The Bertz CT molecular complexity index is 1150. The highest BCUT2D eigenvalue weighted by Gasteiger charge is 2.15. The molecule has 0 spiro atoms. The van der Waals surface area contributed by atoms with Crippen molar-refractivity contribution in [2.75, 3.05) is 0 Å². The predicted molar refractivity (Wildman–Crippen MR) is 163 cm³/mol. The molecule has 0 amide bonds. The lowest BCUT2D eigenvalue weighted by molar-refractivity contribution is 0.102. The molecule has 0 atom stereocenters. The lowest BCUT2D eigenvalue weighted by Crippen LogP contribution is -2.01. The summed E-state index contributed by atoms with van der Waals surface area (Å²) in [5.41, 5.74) is 1.29. The van der Waals surface area contributed by atoms with Gasteiger partial charge in [0, 0.05) is 5.56 Å². The molecule has 0 fully saturated rings. The molecule has 0 heterocycles. The fourth-order valence-corrected chi connectivity index (χ4v) is 2.89. The third kappa shape index (κ3) is 12.1. The summed E-state index contributed by atoms with van der Waals surface area (Å²) in [7, 11) is 0. The van der Waals surface area contributed by atoms with Crippen molar-refractivity contribution < 1.29 is 24.9 Å². The molecule has 0 aliphatic heterocycles. The molecule has 0 bridgehead atoms. The van der Waals surface area contributed by atoms with Crippen molar-refractivity contribution in [3.63, 3.8) is 0 Å². The summed E-state index contributed by atoms with van der Waals surface area (Å²) >= 11 is 0. The lowest BCUT2D eigenvalue weighted by atomic mass is 10.0. The molecular formula is C34H44O5. The molecule has 210 valence electrons. The van der Waals surface area contributed by atoms with Crippen LogP contribution in [0.25, 0.3) is 0 Å². The second kappa shape index (κ2) is 22.8. The van der Waals surface area contributed by atoms with Gasteiger partial charge >= 0.3 is 0 Å². The predicted octanol–water partition coefficient (Wildman–Crippen LogP) is 9.06. The average Bonchev–Trinajstić information content (AvgIpc) is 3.02. The SMILES string of the molecule is CC.CC.CC.CC.O=C(c1ccccc1)c1ccccc1O.O=C(c1ccccc1O)c1ccccc1O. The van der Waals surface area contributed by atoms with Gasteiger partial charge in [0.2, 0.25) is 0 Å². The summed E-state index contributed by atoms with van der Waals surface area (Å²) in [6, 6.07) is 28.0. The number of ketones is 2. The summed E-state index contributed by atoms with van der Waals surface area (Å²) in [5.74, 6) is -0.706. The zero-order valence-electron chi connectivity index (χ0n) is 24.5. The molecule has 4 rings (SSSR count). The van der Waals surface area contributed by atoms with E-state index in [-0.39, 0.29) is 34.2 Å². The Balaban J connectivity index is 0. The third-order valence-electron chi connectivity index (χ3n) is 4.48. The van der Waals surface area contributed by atoms with E-state index < -0.39 is 5.78 Å². The van der Waals surface area contributed by atoms with Crippen molar-refractivity contribution in [1.82, 2.24) is 0 Å². The van der Waals surface area contributed by atoms with Crippen LogP contribution in [0.1, 0.15) is 87.2 Å². The van der Waals surface area contributed by atoms with Gasteiger partial charge in [-0.15, -0.1) is 0 Å². The van der Waals surface area contributed by atoms with E-state index in [0.29, 0.717) is 11.1 Å². The van der Waals surface area contributed by atoms with E-state index in [9.17, 15) is 24.9 Å². The van der Waals surface area contributed by atoms with E-state index in [1.54, 1.807) is 66.7 Å². The van der Waals surface area contributed by atoms with Crippen LogP contribution in [0, 0.1) is 0 Å². The van der Waals surface area contributed by atoms with E-state index in [0.717, 1.165) is 0 Å². The van der Waals surface area contributed by atoms with Gasteiger partial charge in [-0.3, -0.25) is 9.59 Å². The van der Waals surface area contributed by atoms with Crippen LogP contribution in [-0.4, -0.2) is 26.9 Å². The van der Waals surface area contributed by atoms with E-state index >= 15 is 0 Å². The summed E-state index contributed by atoms with van der Waals surface area (Å²) in [5, 5.41) is 28.6. The van der Waals surface area contributed by atoms with E-state index in [2.05, 4.69) is 0 Å². The number of rotatable bonds is 4. The number of hydrogen-bond donors (Lipinski definition) is 3. The Morgan fingerprint density at radius 2 is 0.641 bits per heavy atom. The molecule has 4 aromatic carbocycles. The topological polar surface area (TPSA) is 94.8 Å². The number of phenols is 3. The first-order chi connectivity index (χ1) is 19.0. The minimum absolute atomic E-state index is 0.0198. The number of aromatic hydroxyl groups is 3. The molecule has 0 unspecified atom stereocenters. The number of hydrogen-bond acceptors (Lipinski definition) is 5. The number of para-hydroxylation sites is 3. The average molecular weight is 533 g/mol. The van der Waals surface area contributed by atoms with Gasteiger partial charge in [-0.2, -0.15) is 0 Å². The van der Waals surface area contributed by atoms with Crippen LogP contribution in [0.4, 0.5) is 0 Å². The van der Waals surface area contributed by atoms with Crippen LogP contribution in [0.2, 0.25) is 0 Å². The molecule has 0 radical (unpaired) electrons. The van der Waals surface area contributed by atoms with Gasteiger partial charge in [-0.1, -0.05) is 122 Å².